The minimum Gasteiger partial charge on any atom is -0.327 e. The van der Waals surface area contributed by atoms with E-state index in [1.54, 1.807) is 0 Å². The number of thiazole rings is 1. The van der Waals surface area contributed by atoms with Crippen LogP contribution in [0.15, 0.2) is 5.38 Å². The van der Waals surface area contributed by atoms with E-state index in [0.717, 1.165) is 6.42 Å². The molecule has 0 amide bonds. The Morgan fingerprint density at radius 2 is 2.40 bits per heavy atom. The molecule has 1 saturated carbocycles. The highest BCUT2D eigenvalue weighted by Crippen LogP contribution is 2.33. The zero-order valence-corrected chi connectivity index (χ0v) is 10.2. The monoisotopic (exact) mass is 224 g/mol. The molecule has 2 atom stereocenters. The molecule has 0 aromatic carbocycles. The van der Waals surface area contributed by atoms with Crippen molar-refractivity contribution in [2.24, 2.45) is 5.73 Å². The van der Waals surface area contributed by atoms with Crippen LogP contribution < -0.4 is 5.73 Å². The van der Waals surface area contributed by atoms with Gasteiger partial charge in [0.1, 0.15) is 0 Å². The maximum Gasteiger partial charge on any atom is 0.0928 e. The highest BCUT2D eigenvalue weighted by Gasteiger charge is 2.27. The van der Waals surface area contributed by atoms with E-state index in [-0.39, 0.29) is 0 Å². The average Bonchev–Trinajstić information content (AvgIpc) is 2.83. The number of aromatic nitrogens is 1. The van der Waals surface area contributed by atoms with Crippen LogP contribution in [0, 0.1) is 0 Å². The van der Waals surface area contributed by atoms with E-state index in [2.05, 4.69) is 12.3 Å². The number of nitrogens with two attached hydrogens (primary N) is 1. The second-order valence-corrected chi connectivity index (χ2v) is 5.41. The predicted octanol–water partition coefficient (Wildman–Crippen LogP) is 3.08. The zero-order chi connectivity index (χ0) is 10.7. The van der Waals surface area contributed by atoms with Crippen molar-refractivity contribution in [3.8, 4) is 0 Å². The van der Waals surface area contributed by atoms with Crippen LogP contribution in [-0.4, -0.2) is 11.0 Å². The summed E-state index contributed by atoms with van der Waals surface area (Å²) in [5, 5.41) is 3.52. The van der Waals surface area contributed by atoms with Gasteiger partial charge in [0.25, 0.3) is 0 Å². The van der Waals surface area contributed by atoms with Gasteiger partial charge in [0.15, 0.2) is 0 Å². The van der Waals surface area contributed by atoms with Crippen LogP contribution in [0.2, 0.25) is 0 Å². The second-order valence-electron chi connectivity index (χ2n) is 4.47. The lowest BCUT2D eigenvalue weighted by Crippen LogP contribution is -2.22. The minimum atomic E-state index is 0.353. The average molecular weight is 224 g/mol. The summed E-state index contributed by atoms with van der Waals surface area (Å²) in [5.41, 5.74) is 7.35. The Bertz CT molecular complexity index is 308. The molecule has 0 spiro atoms. The lowest BCUT2D eigenvalue weighted by Gasteiger charge is -2.11. The van der Waals surface area contributed by atoms with Crippen LogP contribution in [0.4, 0.5) is 0 Å². The summed E-state index contributed by atoms with van der Waals surface area (Å²) in [6, 6.07) is 0.353. The van der Waals surface area contributed by atoms with Gasteiger partial charge in [-0.3, -0.25) is 0 Å². The summed E-state index contributed by atoms with van der Waals surface area (Å²) in [7, 11) is 0. The van der Waals surface area contributed by atoms with Crippen LogP contribution in [0.3, 0.4) is 0 Å². The molecule has 1 aliphatic rings. The van der Waals surface area contributed by atoms with E-state index in [1.165, 1.54) is 42.8 Å². The molecule has 3 heteroatoms. The molecule has 1 heterocycles. The predicted molar refractivity (Wildman–Crippen MR) is 65.3 cm³/mol. The van der Waals surface area contributed by atoms with Gasteiger partial charge in [-0.25, -0.2) is 4.98 Å². The molecule has 2 unspecified atom stereocenters. The maximum absolute atomic E-state index is 6.09. The normalized spacial score (nSPS) is 26.0. The van der Waals surface area contributed by atoms with E-state index >= 15 is 0 Å². The van der Waals surface area contributed by atoms with E-state index in [1.807, 2.05) is 11.3 Å². The molecule has 1 aromatic rings. The first kappa shape index (κ1) is 11.1. The first-order valence-electron chi connectivity index (χ1n) is 6.01. The van der Waals surface area contributed by atoms with Gasteiger partial charge in [-0.1, -0.05) is 19.8 Å². The van der Waals surface area contributed by atoms with E-state index in [4.69, 9.17) is 10.7 Å². The molecule has 1 aliphatic carbocycles. The largest absolute Gasteiger partial charge is 0.327 e. The Morgan fingerprint density at radius 3 is 3.07 bits per heavy atom. The minimum absolute atomic E-state index is 0.353. The number of aryl methyl sites for hydroxylation is 1. The molecule has 0 saturated heterocycles. The van der Waals surface area contributed by atoms with Crippen molar-refractivity contribution in [2.45, 2.75) is 57.4 Å². The second kappa shape index (κ2) is 5.08. The quantitative estimate of drug-likeness (QED) is 0.853. The van der Waals surface area contributed by atoms with Crippen molar-refractivity contribution in [3.63, 3.8) is 0 Å². The third-order valence-electron chi connectivity index (χ3n) is 3.26. The van der Waals surface area contributed by atoms with Gasteiger partial charge in [-0.05, 0) is 25.7 Å². The third-order valence-corrected chi connectivity index (χ3v) is 4.19. The Labute approximate surface area is 95.9 Å². The van der Waals surface area contributed by atoms with Crippen molar-refractivity contribution in [3.05, 3.63) is 16.1 Å². The Kier molecular flexibility index (Phi) is 3.76. The smallest absolute Gasteiger partial charge is 0.0928 e. The molecular weight excluding hydrogens is 204 g/mol. The summed E-state index contributed by atoms with van der Waals surface area (Å²) in [5.74, 6) is 0.539. The first-order valence-corrected chi connectivity index (χ1v) is 6.89. The number of hydrogen-bond donors (Lipinski definition) is 1. The van der Waals surface area contributed by atoms with Gasteiger partial charge < -0.3 is 5.73 Å². The summed E-state index contributed by atoms with van der Waals surface area (Å²) in [6.07, 6.45) is 7.32. The van der Waals surface area contributed by atoms with Crippen LogP contribution in [0.1, 0.15) is 55.6 Å². The molecule has 1 fully saturated rings. The summed E-state index contributed by atoms with van der Waals surface area (Å²) < 4.78 is 0. The van der Waals surface area contributed by atoms with E-state index < -0.39 is 0 Å². The van der Waals surface area contributed by atoms with Crippen molar-refractivity contribution in [1.29, 1.82) is 0 Å². The zero-order valence-electron chi connectivity index (χ0n) is 9.41. The molecule has 0 radical (unpaired) electrons. The molecule has 0 bridgehead atoms. The number of hydrogen-bond acceptors (Lipinski definition) is 3. The molecule has 84 valence electrons. The van der Waals surface area contributed by atoms with Gasteiger partial charge in [0.05, 0.1) is 10.7 Å². The Balaban J connectivity index is 1.99. The lowest BCUT2D eigenvalue weighted by molar-refractivity contribution is 0.599. The van der Waals surface area contributed by atoms with Crippen molar-refractivity contribution in [2.75, 3.05) is 0 Å². The highest BCUT2D eigenvalue weighted by molar-refractivity contribution is 7.09. The molecule has 0 aliphatic heterocycles. The Hall–Kier alpha value is -0.410. The lowest BCUT2D eigenvalue weighted by atomic mass is 10.0. The van der Waals surface area contributed by atoms with Gasteiger partial charge >= 0.3 is 0 Å². The van der Waals surface area contributed by atoms with Gasteiger partial charge in [0.2, 0.25) is 0 Å². The fourth-order valence-electron chi connectivity index (χ4n) is 2.29. The molecule has 2 nitrogen and oxygen atoms in total. The first-order chi connectivity index (χ1) is 7.31. The molecule has 2 N–H and O–H groups in total. The van der Waals surface area contributed by atoms with Crippen LogP contribution >= 0.6 is 11.3 Å². The van der Waals surface area contributed by atoms with Crippen LogP contribution in [-0.2, 0) is 6.42 Å². The topological polar surface area (TPSA) is 38.9 Å². The molecule has 1 aromatic heterocycles. The standard InChI is InChI=1S/C12H20N2S/c1-2-3-7-12-14-11(8-15-12)9-5-4-6-10(9)13/h8-10H,2-7,13H2,1H3. The number of unbranched alkanes of at least 4 members (excludes halogenated alkanes) is 1. The SMILES string of the molecule is CCCCc1nc(C2CCCC2N)cs1. The fourth-order valence-corrected chi connectivity index (χ4v) is 3.20. The summed E-state index contributed by atoms with van der Waals surface area (Å²) in [4.78, 5) is 4.72. The van der Waals surface area contributed by atoms with Crippen LogP contribution in [0.25, 0.3) is 0 Å². The van der Waals surface area contributed by atoms with Gasteiger partial charge in [0, 0.05) is 17.3 Å². The summed E-state index contributed by atoms with van der Waals surface area (Å²) in [6.45, 7) is 2.22. The van der Waals surface area contributed by atoms with E-state index in [0.29, 0.717) is 12.0 Å². The summed E-state index contributed by atoms with van der Waals surface area (Å²) >= 11 is 1.81. The number of rotatable bonds is 4. The van der Waals surface area contributed by atoms with Crippen molar-refractivity contribution < 1.29 is 0 Å². The van der Waals surface area contributed by atoms with Crippen LogP contribution in [0.5, 0.6) is 0 Å². The van der Waals surface area contributed by atoms with E-state index in [9.17, 15) is 0 Å². The van der Waals surface area contributed by atoms with Gasteiger partial charge in [-0.15, -0.1) is 11.3 Å². The Morgan fingerprint density at radius 1 is 1.53 bits per heavy atom. The van der Waals surface area contributed by atoms with Crippen molar-refractivity contribution >= 4 is 11.3 Å². The molecule has 2 rings (SSSR count). The highest BCUT2D eigenvalue weighted by atomic mass is 32.1. The third kappa shape index (κ3) is 2.58. The molecular formula is C12H20N2S. The number of nitrogens with zero attached hydrogens (tertiary/aromatic N) is 1. The van der Waals surface area contributed by atoms with Crippen molar-refractivity contribution in [1.82, 2.24) is 4.98 Å². The maximum atomic E-state index is 6.09. The molecule has 15 heavy (non-hydrogen) atoms. The fraction of sp³-hybridized carbons (Fsp3) is 0.750. The van der Waals surface area contributed by atoms with Gasteiger partial charge in [-0.2, -0.15) is 0 Å².